The number of hydrogen-bond donors (Lipinski definition) is 0. The summed E-state index contributed by atoms with van der Waals surface area (Å²) < 4.78 is 0. The third-order valence-corrected chi connectivity index (χ3v) is 4.97. The smallest absolute Gasteiger partial charge is 0.273 e. The summed E-state index contributed by atoms with van der Waals surface area (Å²) in [6, 6.07) is 10.4. The molecule has 0 saturated carbocycles. The number of carbonyl (C=O) groups is 1. The zero-order valence-corrected chi connectivity index (χ0v) is 15.5. The van der Waals surface area contributed by atoms with Crippen LogP contribution in [0, 0.1) is 24.0 Å². The highest BCUT2D eigenvalue weighted by Gasteiger charge is 2.24. The van der Waals surface area contributed by atoms with Gasteiger partial charge in [-0.2, -0.15) is 0 Å². The maximum atomic E-state index is 12.7. The number of amides is 1. The standard InChI is InChI=1S/C19H20ClN3O3/c1-13-4-6-16(20)12-17(13)21-7-9-22(10-8-21)19(24)15-5-3-14(2)18(11-15)23(25)26/h3-6,11-12H,7-10H2,1-2H3. The Morgan fingerprint density at radius 3 is 2.35 bits per heavy atom. The lowest BCUT2D eigenvalue weighted by atomic mass is 10.1. The molecule has 7 heteroatoms. The number of nitrogens with zero attached hydrogens (tertiary/aromatic N) is 3. The van der Waals surface area contributed by atoms with Crippen LogP contribution in [0.25, 0.3) is 0 Å². The fraction of sp³-hybridized carbons (Fsp3) is 0.316. The first-order valence-corrected chi connectivity index (χ1v) is 8.80. The van der Waals surface area contributed by atoms with Crippen molar-refractivity contribution in [3.8, 4) is 0 Å². The molecule has 1 saturated heterocycles. The van der Waals surface area contributed by atoms with Crippen molar-refractivity contribution in [1.29, 1.82) is 0 Å². The van der Waals surface area contributed by atoms with Gasteiger partial charge in [0.1, 0.15) is 0 Å². The van der Waals surface area contributed by atoms with Crippen LogP contribution in [0.4, 0.5) is 11.4 Å². The Labute approximate surface area is 157 Å². The summed E-state index contributed by atoms with van der Waals surface area (Å²) in [5, 5.41) is 11.8. The second-order valence-electron chi connectivity index (χ2n) is 6.47. The van der Waals surface area contributed by atoms with Crippen LogP contribution in [0.1, 0.15) is 21.5 Å². The summed E-state index contributed by atoms with van der Waals surface area (Å²) in [6.07, 6.45) is 0. The lowest BCUT2D eigenvalue weighted by molar-refractivity contribution is -0.385. The van der Waals surface area contributed by atoms with Gasteiger partial charge in [-0.05, 0) is 37.6 Å². The van der Waals surface area contributed by atoms with E-state index < -0.39 is 4.92 Å². The molecule has 2 aromatic rings. The summed E-state index contributed by atoms with van der Waals surface area (Å²) in [7, 11) is 0. The molecule has 0 atom stereocenters. The van der Waals surface area contributed by atoms with Crippen molar-refractivity contribution in [1.82, 2.24) is 4.90 Å². The number of benzene rings is 2. The van der Waals surface area contributed by atoms with Crippen molar-refractivity contribution in [2.75, 3.05) is 31.1 Å². The summed E-state index contributed by atoms with van der Waals surface area (Å²) in [5.74, 6) is -0.171. The highest BCUT2D eigenvalue weighted by Crippen LogP contribution is 2.26. The Bertz CT molecular complexity index is 861. The molecule has 2 aromatic carbocycles. The Morgan fingerprint density at radius 2 is 1.69 bits per heavy atom. The molecule has 0 radical (unpaired) electrons. The first kappa shape index (κ1) is 18.2. The molecule has 1 aliphatic heterocycles. The fourth-order valence-corrected chi connectivity index (χ4v) is 3.36. The minimum atomic E-state index is -0.452. The zero-order chi connectivity index (χ0) is 18.8. The van der Waals surface area contributed by atoms with Crippen LogP contribution < -0.4 is 4.90 Å². The number of aryl methyl sites for hydroxylation is 2. The fourth-order valence-electron chi connectivity index (χ4n) is 3.20. The van der Waals surface area contributed by atoms with Gasteiger partial charge in [0.05, 0.1) is 4.92 Å². The molecule has 0 aliphatic carbocycles. The van der Waals surface area contributed by atoms with Crippen LogP contribution in [0.2, 0.25) is 5.02 Å². The average molecular weight is 374 g/mol. The third-order valence-electron chi connectivity index (χ3n) is 4.73. The molecule has 1 aliphatic rings. The van der Waals surface area contributed by atoms with Crippen LogP contribution in [-0.4, -0.2) is 41.9 Å². The van der Waals surface area contributed by atoms with Crippen molar-refractivity contribution in [3.63, 3.8) is 0 Å². The molecule has 26 heavy (non-hydrogen) atoms. The molecule has 1 heterocycles. The topological polar surface area (TPSA) is 66.7 Å². The number of hydrogen-bond acceptors (Lipinski definition) is 4. The molecule has 0 N–H and O–H groups in total. The van der Waals surface area contributed by atoms with Crippen LogP contribution in [0.15, 0.2) is 36.4 Å². The predicted molar refractivity (Wildman–Crippen MR) is 102 cm³/mol. The summed E-state index contributed by atoms with van der Waals surface area (Å²) >= 11 is 6.10. The molecule has 136 valence electrons. The Kier molecular flexibility index (Phi) is 5.13. The number of piperazine rings is 1. The minimum absolute atomic E-state index is 0.0240. The summed E-state index contributed by atoms with van der Waals surface area (Å²) in [6.45, 7) is 6.22. The molecular formula is C19H20ClN3O3. The molecule has 0 aromatic heterocycles. The van der Waals surface area contributed by atoms with Gasteiger partial charge in [-0.15, -0.1) is 0 Å². The number of rotatable bonds is 3. The van der Waals surface area contributed by atoms with E-state index in [0.29, 0.717) is 42.3 Å². The molecule has 1 fully saturated rings. The molecule has 0 spiro atoms. The Hall–Kier alpha value is -2.60. The second-order valence-corrected chi connectivity index (χ2v) is 6.90. The minimum Gasteiger partial charge on any atom is -0.368 e. The van der Waals surface area contributed by atoms with Gasteiger partial charge in [-0.1, -0.05) is 23.7 Å². The third kappa shape index (κ3) is 3.65. The SMILES string of the molecule is Cc1ccc(Cl)cc1N1CCN(C(=O)c2ccc(C)c([N+](=O)[O-])c2)CC1. The van der Waals surface area contributed by atoms with Crippen molar-refractivity contribution >= 4 is 28.9 Å². The number of nitro groups is 1. The van der Waals surface area contributed by atoms with E-state index in [0.717, 1.165) is 11.3 Å². The van der Waals surface area contributed by atoms with Crippen LogP contribution in [0.3, 0.4) is 0 Å². The van der Waals surface area contributed by atoms with Gasteiger partial charge in [-0.25, -0.2) is 0 Å². The van der Waals surface area contributed by atoms with E-state index in [1.807, 2.05) is 25.1 Å². The molecular weight excluding hydrogens is 354 g/mol. The quantitative estimate of drug-likeness (QED) is 0.605. The first-order valence-electron chi connectivity index (χ1n) is 8.42. The number of nitro benzene ring substituents is 1. The van der Waals surface area contributed by atoms with E-state index in [4.69, 9.17) is 11.6 Å². The van der Waals surface area contributed by atoms with Crippen molar-refractivity contribution in [2.45, 2.75) is 13.8 Å². The molecule has 3 rings (SSSR count). The maximum absolute atomic E-state index is 12.7. The monoisotopic (exact) mass is 373 g/mol. The normalized spacial score (nSPS) is 14.4. The van der Waals surface area contributed by atoms with Gasteiger partial charge in [0.2, 0.25) is 0 Å². The van der Waals surface area contributed by atoms with Gasteiger partial charge in [-0.3, -0.25) is 14.9 Å². The van der Waals surface area contributed by atoms with Gasteiger partial charge >= 0.3 is 0 Å². The van der Waals surface area contributed by atoms with E-state index in [1.54, 1.807) is 24.0 Å². The number of halogens is 1. The summed E-state index contributed by atoms with van der Waals surface area (Å²) in [5.41, 5.74) is 3.10. The zero-order valence-electron chi connectivity index (χ0n) is 14.7. The lowest BCUT2D eigenvalue weighted by Crippen LogP contribution is -2.49. The van der Waals surface area contributed by atoms with Crippen molar-refractivity contribution in [3.05, 3.63) is 68.2 Å². The van der Waals surface area contributed by atoms with Crippen LogP contribution in [-0.2, 0) is 0 Å². The van der Waals surface area contributed by atoms with Crippen LogP contribution >= 0.6 is 11.6 Å². The highest BCUT2D eigenvalue weighted by atomic mass is 35.5. The largest absolute Gasteiger partial charge is 0.368 e. The summed E-state index contributed by atoms with van der Waals surface area (Å²) in [4.78, 5) is 27.3. The maximum Gasteiger partial charge on any atom is 0.273 e. The van der Waals surface area contributed by atoms with E-state index in [2.05, 4.69) is 4.90 Å². The van der Waals surface area contributed by atoms with Gasteiger partial charge in [0.15, 0.2) is 0 Å². The van der Waals surface area contributed by atoms with Crippen molar-refractivity contribution in [2.24, 2.45) is 0 Å². The molecule has 6 nitrogen and oxygen atoms in total. The molecule has 0 bridgehead atoms. The van der Waals surface area contributed by atoms with E-state index in [1.165, 1.54) is 6.07 Å². The van der Waals surface area contributed by atoms with E-state index >= 15 is 0 Å². The lowest BCUT2D eigenvalue weighted by Gasteiger charge is -2.37. The van der Waals surface area contributed by atoms with Gasteiger partial charge < -0.3 is 9.80 Å². The second kappa shape index (κ2) is 7.33. The predicted octanol–water partition coefficient (Wildman–Crippen LogP) is 3.83. The number of anilines is 1. The Morgan fingerprint density at radius 1 is 1.04 bits per heavy atom. The van der Waals surface area contributed by atoms with Crippen molar-refractivity contribution < 1.29 is 9.72 Å². The Balaban J connectivity index is 1.72. The van der Waals surface area contributed by atoms with E-state index in [9.17, 15) is 14.9 Å². The van der Waals surface area contributed by atoms with Gasteiger partial charge in [0, 0.05) is 54.1 Å². The van der Waals surface area contributed by atoms with E-state index in [-0.39, 0.29) is 11.6 Å². The molecule has 0 unspecified atom stereocenters. The average Bonchev–Trinajstić information content (AvgIpc) is 2.63. The number of carbonyl (C=O) groups excluding carboxylic acids is 1. The highest BCUT2D eigenvalue weighted by molar-refractivity contribution is 6.30. The van der Waals surface area contributed by atoms with Crippen LogP contribution in [0.5, 0.6) is 0 Å². The first-order chi connectivity index (χ1) is 12.4. The molecule has 1 amide bonds. The van der Waals surface area contributed by atoms with Gasteiger partial charge in [0.25, 0.3) is 11.6 Å².